The SMILES string of the molecule is Cc1coc(COc2ccccc2O)n1. The van der Waals surface area contributed by atoms with Gasteiger partial charge in [-0.3, -0.25) is 0 Å². The zero-order valence-electron chi connectivity index (χ0n) is 8.30. The van der Waals surface area contributed by atoms with E-state index in [2.05, 4.69) is 4.98 Å². The predicted octanol–water partition coefficient (Wildman–Crippen LogP) is 2.27. The minimum atomic E-state index is 0.112. The molecular weight excluding hydrogens is 194 g/mol. The van der Waals surface area contributed by atoms with Crippen molar-refractivity contribution >= 4 is 0 Å². The van der Waals surface area contributed by atoms with Gasteiger partial charge in [-0.15, -0.1) is 0 Å². The van der Waals surface area contributed by atoms with Crippen molar-refractivity contribution < 1.29 is 14.3 Å². The fourth-order valence-corrected chi connectivity index (χ4v) is 1.19. The third-order valence-corrected chi connectivity index (χ3v) is 1.88. The number of aromatic hydroxyl groups is 1. The summed E-state index contributed by atoms with van der Waals surface area (Å²) in [7, 11) is 0. The number of hydrogen-bond donors (Lipinski definition) is 1. The number of nitrogens with zero attached hydrogens (tertiary/aromatic N) is 1. The average molecular weight is 205 g/mol. The Morgan fingerprint density at radius 1 is 1.40 bits per heavy atom. The van der Waals surface area contributed by atoms with Gasteiger partial charge in [0.1, 0.15) is 6.26 Å². The lowest BCUT2D eigenvalue weighted by Gasteiger charge is -2.04. The van der Waals surface area contributed by atoms with Crippen molar-refractivity contribution in [3.8, 4) is 11.5 Å². The number of ether oxygens (including phenoxy) is 1. The molecule has 0 saturated carbocycles. The normalized spacial score (nSPS) is 10.2. The Kier molecular flexibility index (Phi) is 2.58. The maximum Gasteiger partial charge on any atom is 0.232 e. The standard InChI is InChI=1S/C11H11NO3/c1-8-6-15-11(12-8)7-14-10-5-3-2-4-9(10)13/h2-6,13H,7H2,1H3. The van der Waals surface area contributed by atoms with Gasteiger partial charge in [-0.05, 0) is 19.1 Å². The minimum absolute atomic E-state index is 0.112. The second kappa shape index (κ2) is 4.04. The molecule has 0 spiro atoms. The van der Waals surface area contributed by atoms with E-state index in [9.17, 15) is 5.11 Å². The van der Waals surface area contributed by atoms with Gasteiger partial charge in [0.15, 0.2) is 18.1 Å². The lowest BCUT2D eigenvalue weighted by molar-refractivity contribution is 0.252. The third-order valence-electron chi connectivity index (χ3n) is 1.88. The largest absolute Gasteiger partial charge is 0.504 e. The fraction of sp³-hybridized carbons (Fsp3) is 0.182. The molecule has 0 atom stereocenters. The van der Waals surface area contributed by atoms with Crippen LogP contribution in [-0.2, 0) is 6.61 Å². The van der Waals surface area contributed by atoms with Gasteiger partial charge >= 0.3 is 0 Å². The van der Waals surface area contributed by atoms with E-state index in [1.807, 2.05) is 6.92 Å². The summed E-state index contributed by atoms with van der Waals surface area (Å²) in [5.74, 6) is 1.03. The van der Waals surface area contributed by atoms with Gasteiger partial charge in [0.25, 0.3) is 0 Å². The molecule has 15 heavy (non-hydrogen) atoms. The zero-order valence-corrected chi connectivity index (χ0v) is 8.30. The van der Waals surface area contributed by atoms with Gasteiger partial charge in [0, 0.05) is 0 Å². The first-order chi connectivity index (χ1) is 7.25. The highest BCUT2D eigenvalue weighted by atomic mass is 16.5. The first-order valence-electron chi connectivity index (χ1n) is 4.57. The highest BCUT2D eigenvalue weighted by molar-refractivity contribution is 5.37. The molecule has 0 unspecified atom stereocenters. The summed E-state index contributed by atoms with van der Waals surface area (Å²) in [5.41, 5.74) is 0.811. The maximum atomic E-state index is 9.42. The van der Waals surface area contributed by atoms with Gasteiger partial charge in [-0.25, -0.2) is 4.98 Å². The van der Waals surface area contributed by atoms with Crippen LogP contribution in [-0.4, -0.2) is 10.1 Å². The van der Waals surface area contributed by atoms with Crippen LogP contribution in [0.25, 0.3) is 0 Å². The van der Waals surface area contributed by atoms with E-state index in [1.54, 1.807) is 30.5 Å². The number of oxazole rings is 1. The van der Waals surface area contributed by atoms with Gasteiger partial charge < -0.3 is 14.3 Å². The Morgan fingerprint density at radius 2 is 2.20 bits per heavy atom. The molecule has 2 aromatic rings. The van der Waals surface area contributed by atoms with Crippen molar-refractivity contribution in [3.63, 3.8) is 0 Å². The highest BCUT2D eigenvalue weighted by Crippen LogP contribution is 2.25. The number of phenols is 1. The summed E-state index contributed by atoms with van der Waals surface area (Å²) in [6.07, 6.45) is 1.56. The van der Waals surface area contributed by atoms with E-state index in [1.165, 1.54) is 0 Å². The molecule has 0 aliphatic heterocycles. The number of aromatic nitrogens is 1. The van der Waals surface area contributed by atoms with Crippen molar-refractivity contribution in [1.82, 2.24) is 4.98 Å². The first kappa shape index (κ1) is 9.58. The van der Waals surface area contributed by atoms with Crippen molar-refractivity contribution in [2.24, 2.45) is 0 Å². The van der Waals surface area contributed by atoms with Crippen LogP contribution in [0.4, 0.5) is 0 Å². The summed E-state index contributed by atoms with van der Waals surface area (Å²) in [4.78, 5) is 4.08. The minimum Gasteiger partial charge on any atom is -0.504 e. The molecular formula is C11H11NO3. The molecule has 78 valence electrons. The average Bonchev–Trinajstić information content (AvgIpc) is 2.63. The summed E-state index contributed by atoms with van der Waals surface area (Å²) < 4.78 is 10.4. The molecule has 1 aromatic heterocycles. The highest BCUT2D eigenvalue weighted by Gasteiger charge is 2.04. The molecule has 1 N–H and O–H groups in total. The van der Waals surface area contributed by atoms with E-state index in [0.29, 0.717) is 11.6 Å². The summed E-state index contributed by atoms with van der Waals surface area (Å²) in [6, 6.07) is 6.77. The number of rotatable bonds is 3. The number of para-hydroxylation sites is 2. The third kappa shape index (κ3) is 2.28. The zero-order chi connectivity index (χ0) is 10.7. The van der Waals surface area contributed by atoms with Crippen molar-refractivity contribution in [3.05, 3.63) is 42.1 Å². The Morgan fingerprint density at radius 3 is 2.87 bits per heavy atom. The predicted molar refractivity (Wildman–Crippen MR) is 53.7 cm³/mol. The molecule has 2 rings (SSSR count). The van der Waals surface area contributed by atoms with Gasteiger partial charge in [-0.2, -0.15) is 0 Å². The van der Waals surface area contributed by atoms with Gasteiger partial charge in [0.2, 0.25) is 5.89 Å². The van der Waals surface area contributed by atoms with E-state index in [0.717, 1.165) is 5.69 Å². The molecule has 1 heterocycles. The Hall–Kier alpha value is -1.97. The van der Waals surface area contributed by atoms with E-state index in [-0.39, 0.29) is 12.4 Å². The Balaban J connectivity index is 2.02. The number of aryl methyl sites for hydroxylation is 1. The number of benzene rings is 1. The molecule has 0 fully saturated rings. The molecule has 0 aliphatic carbocycles. The topological polar surface area (TPSA) is 55.5 Å². The Labute approximate surface area is 87.1 Å². The molecule has 0 saturated heterocycles. The first-order valence-corrected chi connectivity index (χ1v) is 4.57. The molecule has 4 heteroatoms. The van der Waals surface area contributed by atoms with Crippen LogP contribution >= 0.6 is 0 Å². The lowest BCUT2D eigenvalue weighted by Crippen LogP contribution is -1.95. The van der Waals surface area contributed by atoms with Crippen LogP contribution in [0.15, 0.2) is 34.9 Å². The van der Waals surface area contributed by atoms with Crippen molar-refractivity contribution in [2.45, 2.75) is 13.5 Å². The second-order valence-electron chi connectivity index (χ2n) is 3.14. The van der Waals surface area contributed by atoms with Crippen LogP contribution in [0.2, 0.25) is 0 Å². The fourth-order valence-electron chi connectivity index (χ4n) is 1.19. The summed E-state index contributed by atoms with van der Waals surface area (Å²) in [6.45, 7) is 2.05. The van der Waals surface area contributed by atoms with Crippen molar-refractivity contribution in [2.75, 3.05) is 0 Å². The quantitative estimate of drug-likeness (QED) is 0.835. The van der Waals surface area contributed by atoms with Crippen LogP contribution < -0.4 is 4.74 Å². The van der Waals surface area contributed by atoms with Crippen LogP contribution in [0.5, 0.6) is 11.5 Å². The molecule has 0 radical (unpaired) electrons. The van der Waals surface area contributed by atoms with E-state index < -0.39 is 0 Å². The Bertz CT molecular complexity index is 451. The molecule has 4 nitrogen and oxygen atoms in total. The van der Waals surface area contributed by atoms with E-state index in [4.69, 9.17) is 9.15 Å². The lowest BCUT2D eigenvalue weighted by atomic mass is 10.3. The van der Waals surface area contributed by atoms with Gasteiger partial charge in [0.05, 0.1) is 5.69 Å². The number of phenolic OH excluding ortho intramolecular Hbond substituents is 1. The monoisotopic (exact) mass is 205 g/mol. The second-order valence-corrected chi connectivity index (χ2v) is 3.14. The summed E-state index contributed by atoms with van der Waals surface area (Å²) in [5, 5.41) is 9.42. The van der Waals surface area contributed by atoms with Crippen molar-refractivity contribution in [1.29, 1.82) is 0 Å². The van der Waals surface area contributed by atoms with Crippen LogP contribution in [0.1, 0.15) is 11.6 Å². The van der Waals surface area contributed by atoms with Crippen LogP contribution in [0.3, 0.4) is 0 Å². The van der Waals surface area contributed by atoms with Crippen LogP contribution in [0, 0.1) is 6.92 Å². The van der Waals surface area contributed by atoms with Gasteiger partial charge in [-0.1, -0.05) is 12.1 Å². The molecule has 1 aromatic carbocycles. The summed E-state index contributed by atoms with van der Waals surface area (Å²) >= 11 is 0. The molecule has 0 aliphatic rings. The van der Waals surface area contributed by atoms with E-state index >= 15 is 0 Å². The molecule has 0 amide bonds. The molecule has 0 bridgehead atoms. The number of hydrogen-bond acceptors (Lipinski definition) is 4. The maximum absolute atomic E-state index is 9.42. The smallest absolute Gasteiger partial charge is 0.232 e.